The first-order valence-corrected chi connectivity index (χ1v) is 10.2. The molecule has 2 amide bonds. The van der Waals surface area contributed by atoms with Crippen LogP contribution in [0.5, 0.6) is 0 Å². The quantitative estimate of drug-likeness (QED) is 0.511. The third-order valence-corrected chi connectivity index (χ3v) is 4.64. The van der Waals surface area contributed by atoms with E-state index in [1.165, 1.54) is 4.90 Å². The van der Waals surface area contributed by atoms with Gasteiger partial charge in [-0.15, -0.1) is 0 Å². The monoisotopic (exact) mass is 400 g/mol. The van der Waals surface area contributed by atoms with Crippen LogP contribution < -0.4 is 5.32 Å². The smallest absolute Gasteiger partial charge is 0.333 e. The van der Waals surface area contributed by atoms with Crippen molar-refractivity contribution in [1.82, 2.24) is 10.2 Å². The Morgan fingerprint density at radius 3 is 2.41 bits per heavy atom. The Morgan fingerprint density at radius 2 is 1.79 bits per heavy atom. The number of rotatable bonds is 9. The lowest BCUT2D eigenvalue weighted by Crippen LogP contribution is -2.52. The largest absolute Gasteiger partial charge is 0.459 e. The normalized spacial score (nSPS) is 16.9. The molecule has 1 aliphatic heterocycles. The molecule has 29 heavy (non-hydrogen) atoms. The number of carbonyl (C=O) groups excluding carboxylic acids is 3. The van der Waals surface area contributed by atoms with E-state index in [0.29, 0.717) is 19.4 Å². The van der Waals surface area contributed by atoms with E-state index in [2.05, 4.69) is 5.32 Å². The van der Waals surface area contributed by atoms with Gasteiger partial charge in [0.2, 0.25) is 11.8 Å². The van der Waals surface area contributed by atoms with Crippen LogP contribution in [0.25, 0.3) is 0 Å². The van der Waals surface area contributed by atoms with Crippen LogP contribution in [0.2, 0.25) is 0 Å². The summed E-state index contributed by atoms with van der Waals surface area (Å²) < 4.78 is 5.42. The van der Waals surface area contributed by atoms with Gasteiger partial charge in [0.25, 0.3) is 0 Å². The second-order valence-electron chi connectivity index (χ2n) is 8.30. The van der Waals surface area contributed by atoms with Crippen molar-refractivity contribution in [2.75, 3.05) is 6.54 Å². The molecule has 0 saturated heterocycles. The van der Waals surface area contributed by atoms with Gasteiger partial charge in [-0.05, 0) is 23.8 Å². The maximum atomic E-state index is 13.2. The number of carbonyl (C=O) groups is 3. The lowest BCUT2D eigenvalue weighted by molar-refractivity contribution is -0.154. The van der Waals surface area contributed by atoms with Crippen LogP contribution in [0.15, 0.2) is 42.5 Å². The minimum Gasteiger partial charge on any atom is -0.459 e. The van der Waals surface area contributed by atoms with Crippen LogP contribution in [0.3, 0.4) is 0 Å². The number of hydrogen-bond donors (Lipinski definition) is 1. The molecule has 0 aromatic heterocycles. The highest BCUT2D eigenvalue weighted by molar-refractivity contribution is 5.92. The highest BCUT2D eigenvalue weighted by Crippen LogP contribution is 2.17. The molecule has 0 spiro atoms. The van der Waals surface area contributed by atoms with Gasteiger partial charge in [-0.2, -0.15) is 0 Å². The van der Waals surface area contributed by atoms with Crippen molar-refractivity contribution >= 4 is 17.8 Å². The Labute approximate surface area is 173 Å². The molecule has 0 saturated carbocycles. The van der Waals surface area contributed by atoms with Gasteiger partial charge in [0.1, 0.15) is 18.7 Å². The summed E-state index contributed by atoms with van der Waals surface area (Å²) in [6.45, 7) is 8.42. The molecule has 1 N–H and O–H groups in total. The van der Waals surface area contributed by atoms with Crippen LogP contribution in [-0.2, 0) is 25.7 Å². The van der Waals surface area contributed by atoms with Crippen molar-refractivity contribution in [2.45, 2.75) is 59.2 Å². The first-order chi connectivity index (χ1) is 13.8. The number of nitrogens with zero attached hydrogens (tertiary/aromatic N) is 1. The first kappa shape index (κ1) is 22.7. The second kappa shape index (κ2) is 10.8. The zero-order chi connectivity index (χ0) is 21.4. The van der Waals surface area contributed by atoms with Crippen molar-refractivity contribution in [1.29, 1.82) is 0 Å². The Hall–Kier alpha value is -2.63. The Morgan fingerprint density at radius 1 is 1.10 bits per heavy atom. The standard InChI is InChI=1S/C23H32N2O4/c1-16(2)13-19(24-21(26)14-17(3)4)22(27)25-12-8-11-20(25)23(28)29-15-18-9-6-5-7-10-18/h5-11,16-17,19-20H,12-15H2,1-4H3,(H,24,26)/t19?,20-/m0/s1. The van der Waals surface area contributed by atoms with Crippen molar-refractivity contribution in [3.05, 3.63) is 48.0 Å². The average molecular weight is 401 g/mol. The molecule has 2 atom stereocenters. The number of esters is 1. The summed E-state index contributed by atoms with van der Waals surface area (Å²) in [5, 5.41) is 2.86. The zero-order valence-corrected chi connectivity index (χ0v) is 17.8. The van der Waals surface area contributed by atoms with Crippen LogP contribution in [0.1, 0.15) is 46.1 Å². The first-order valence-electron chi connectivity index (χ1n) is 10.2. The molecule has 1 aliphatic rings. The molecular weight excluding hydrogens is 368 g/mol. The van der Waals surface area contributed by atoms with E-state index < -0.39 is 18.1 Å². The van der Waals surface area contributed by atoms with E-state index in [1.807, 2.05) is 58.0 Å². The zero-order valence-electron chi connectivity index (χ0n) is 17.8. The van der Waals surface area contributed by atoms with E-state index in [9.17, 15) is 14.4 Å². The summed E-state index contributed by atoms with van der Waals surface area (Å²) in [5.74, 6) is -0.425. The molecule has 0 fully saturated rings. The fourth-order valence-corrected chi connectivity index (χ4v) is 3.28. The topological polar surface area (TPSA) is 75.7 Å². The highest BCUT2D eigenvalue weighted by atomic mass is 16.5. The molecule has 2 rings (SSSR count). The van der Waals surface area contributed by atoms with E-state index in [1.54, 1.807) is 12.2 Å². The van der Waals surface area contributed by atoms with E-state index in [-0.39, 0.29) is 30.3 Å². The van der Waals surface area contributed by atoms with E-state index in [0.717, 1.165) is 5.56 Å². The minimum atomic E-state index is -0.761. The average Bonchev–Trinajstić information content (AvgIpc) is 3.14. The predicted molar refractivity (Wildman–Crippen MR) is 112 cm³/mol. The summed E-state index contributed by atoms with van der Waals surface area (Å²) in [6, 6.07) is 8.00. The van der Waals surface area contributed by atoms with Gasteiger partial charge < -0.3 is 15.0 Å². The summed E-state index contributed by atoms with van der Waals surface area (Å²) in [6.07, 6.45) is 4.36. The van der Waals surface area contributed by atoms with Crippen molar-refractivity contribution in [2.24, 2.45) is 11.8 Å². The summed E-state index contributed by atoms with van der Waals surface area (Å²) >= 11 is 0. The third-order valence-electron chi connectivity index (χ3n) is 4.64. The molecule has 6 nitrogen and oxygen atoms in total. The van der Waals surface area contributed by atoms with E-state index in [4.69, 9.17) is 4.74 Å². The van der Waals surface area contributed by atoms with Crippen LogP contribution in [0.4, 0.5) is 0 Å². The molecule has 0 aliphatic carbocycles. The van der Waals surface area contributed by atoms with Gasteiger partial charge in [0.05, 0.1) is 0 Å². The molecule has 1 aromatic carbocycles. The third kappa shape index (κ3) is 7.04. The summed E-state index contributed by atoms with van der Waals surface area (Å²) in [7, 11) is 0. The summed E-state index contributed by atoms with van der Waals surface area (Å²) in [5.41, 5.74) is 0.888. The maximum Gasteiger partial charge on any atom is 0.333 e. The van der Waals surface area contributed by atoms with Gasteiger partial charge in [-0.25, -0.2) is 4.79 Å². The van der Waals surface area contributed by atoms with Crippen molar-refractivity contribution in [3.8, 4) is 0 Å². The van der Waals surface area contributed by atoms with Gasteiger partial charge in [-0.1, -0.05) is 70.2 Å². The molecule has 1 unspecified atom stereocenters. The maximum absolute atomic E-state index is 13.2. The molecule has 0 bridgehead atoms. The van der Waals surface area contributed by atoms with Gasteiger partial charge >= 0.3 is 5.97 Å². The number of hydrogen-bond acceptors (Lipinski definition) is 4. The molecule has 0 radical (unpaired) electrons. The number of benzene rings is 1. The van der Waals surface area contributed by atoms with Gasteiger partial charge in [0.15, 0.2) is 0 Å². The van der Waals surface area contributed by atoms with Gasteiger partial charge in [-0.3, -0.25) is 9.59 Å². The lowest BCUT2D eigenvalue weighted by Gasteiger charge is -2.29. The molecule has 1 heterocycles. The van der Waals surface area contributed by atoms with Crippen LogP contribution in [-0.4, -0.2) is 41.3 Å². The Balaban J connectivity index is 2.02. The SMILES string of the molecule is CC(C)CC(=O)NC(CC(C)C)C(=O)N1CC=C[C@H]1C(=O)OCc1ccccc1. The summed E-state index contributed by atoms with van der Waals surface area (Å²) in [4.78, 5) is 39.5. The highest BCUT2D eigenvalue weighted by Gasteiger charge is 2.36. The number of amides is 2. The molecular formula is C23H32N2O4. The van der Waals surface area contributed by atoms with Crippen LogP contribution >= 0.6 is 0 Å². The van der Waals surface area contributed by atoms with Crippen molar-refractivity contribution < 1.29 is 19.1 Å². The Bertz CT molecular complexity index is 728. The number of nitrogens with one attached hydrogen (secondary N) is 1. The lowest BCUT2D eigenvalue weighted by atomic mass is 10.0. The fraction of sp³-hybridized carbons (Fsp3) is 0.522. The van der Waals surface area contributed by atoms with E-state index >= 15 is 0 Å². The molecule has 158 valence electrons. The van der Waals surface area contributed by atoms with Gasteiger partial charge in [0, 0.05) is 13.0 Å². The predicted octanol–water partition coefficient (Wildman–Crippen LogP) is 3.07. The molecule has 6 heteroatoms. The van der Waals surface area contributed by atoms with Crippen LogP contribution in [0, 0.1) is 11.8 Å². The van der Waals surface area contributed by atoms with Crippen molar-refractivity contribution in [3.63, 3.8) is 0 Å². The Kier molecular flexibility index (Phi) is 8.43. The fourth-order valence-electron chi connectivity index (χ4n) is 3.28. The second-order valence-corrected chi connectivity index (χ2v) is 8.30. The number of ether oxygens (including phenoxy) is 1. The minimum absolute atomic E-state index is 0.144. The molecule has 1 aromatic rings.